The van der Waals surface area contributed by atoms with Crippen LogP contribution in [-0.4, -0.2) is 22.4 Å². The quantitative estimate of drug-likeness (QED) is 0.477. The van der Waals surface area contributed by atoms with Crippen LogP contribution < -0.4 is 15.6 Å². The largest absolute Gasteiger partial charge is 0.496 e. The fourth-order valence-electron chi connectivity index (χ4n) is 4.24. The topological polar surface area (TPSA) is 75.6 Å². The SMILES string of the molecule is CCc1c(C)c(C(=O)NCc2c(OC)cc(C)[nH]c2=O)cc2c(-c3ccccc3)ccn12. The van der Waals surface area contributed by atoms with E-state index < -0.39 is 0 Å². The van der Waals surface area contributed by atoms with Crippen molar-refractivity contribution in [3.63, 3.8) is 0 Å². The molecule has 6 nitrogen and oxygen atoms in total. The monoisotopic (exact) mass is 429 g/mol. The van der Waals surface area contributed by atoms with Gasteiger partial charge in [0.1, 0.15) is 5.75 Å². The smallest absolute Gasteiger partial charge is 0.256 e. The van der Waals surface area contributed by atoms with Gasteiger partial charge >= 0.3 is 0 Å². The molecule has 3 aromatic heterocycles. The van der Waals surface area contributed by atoms with Gasteiger partial charge in [-0.1, -0.05) is 37.3 Å². The van der Waals surface area contributed by atoms with E-state index in [4.69, 9.17) is 4.74 Å². The van der Waals surface area contributed by atoms with E-state index in [0.717, 1.165) is 34.3 Å². The third-order valence-electron chi connectivity index (χ3n) is 5.87. The molecule has 0 aliphatic carbocycles. The van der Waals surface area contributed by atoms with Gasteiger partial charge in [-0.25, -0.2) is 0 Å². The third kappa shape index (κ3) is 3.80. The molecule has 1 aromatic carbocycles. The fraction of sp³-hybridized carbons (Fsp3) is 0.231. The number of hydrogen-bond donors (Lipinski definition) is 2. The Kier molecular flexibility index (Phi) is 5.86. The number of benzene rings is 1. The lowest BCUT2D eigenvalue weighted by Crippen LogP contribution is -2.28. The highest BCUT2D eigenvalue weighted by atomic mass is 16.5. The lowest BCUT2D eigenvalue weighted by atomic mass is 10.0. The summed E-state index contributed by atoms with van der Waals surface area (Å²) < 4.78 is 7.50. The molecule has 32 heavy (non-hydrogen) atoms. The number of nitrogens with one attached hydrogen (secondary N) is 2. The van der Waals surface area contributed by atoms with Gasteiger partial charge in [0.05, 0.1) is 24.7 Å². The molecule has 0 fully saturated rings. The van der Waals surface area contributed by atoms with Crippen molar-refractivity contribution in [3.8, 4) is 16.9 Å². The van der Waals surface area contributed by atoms with Crippen molar-refractivity contribution in [1.29, 1.82) is 0 Å². The summed E-state index contributed by atoms with van der Waals surface area (Å²) in [5.74, 6) is 0.243. The summed E-state index contributed by atoms with van der Waals surface area (Å²) in [5, 5.41) is 2.91. The number of aryl methyl sites for hydroxylation is 2. The second-order valence-electron chi connectivity index (χ2n) is 7.85. The van der Waals surface area contributed by atoms with Gasteiger partial charge in [0, 0.05) is 28.7 Å². The van der Waals surface area contributed by atoms with E-state index in [0.29, 0.717) is 22.6 Å². The highest BCUT2D eigenvalue weighted by molar-refractivity contribution is 5.98. The number of aromatic amines is 1. The van der Waals surface area contributed by atoms with Gasteiger partial charge in [-0.15, -0.1) is 0 Å². The lowest BCUT2D eigenvalue weighted by Gasteiger charge is -2.15. The number of amides is 1. The predicted octanol–water partition coefficient (Wildman–Crippen LogP) is 4.41. The summed E-state index contributed by atoms with van der Waals surface area (Å²) in [6.45, 7) is 5.92. The number of fused-ring (bicyclic) bond motifs is 1. The van der Waals surface area contributed by atoms with Crippen LogP contribution in [0.2, 0.25) is 0 Å². The second kappa shape index (κ2) is 8.75. The normalized spacial score (nSPS) is 11.0. The first-order valence-corrected chi connectivity index (χ1v) is 10.7. The van der Waals surface area contributed by atoms with Gasteiger partial charge < -0.3 is 19.4 Å². The molecule has 1 amide bonds. The van der Waals surface area contributed by atoms with Crippen molar-refractivity contribution >= 4 is 11.4 Å². The summed E-state index contributed by atoms with van der Waals surface area (Å²) in [4.78, 5) is 28.4. The molecule has 0 aliphatic heterocycles. The van der Waals surface area contributed by atoms with E-state index >= 15 is 0 Å². The van der Waals surface area contributed by atoms with Gasteiger partial charge in [0.25, 0.3) is 11.5 Å². The number of aromatic nitrogens is 2. The number of methoxy groups -OCH3 is 1. The van der Waals surface area contributed by atoms with Crippen LogP contribution in [0.3, 0.4) is 0 Å². The molecule has 2 N–H and O–H groups in total. The van der Waals surface area contributed by atoms with Gasteiger partial charge in [0.2, 0.25) is 0 Å². The zero-order valence-corrected chi connectivity index (χ0v) is 18.8. The molecule has 0 unspecified atom stereocenters. The van der Waals surface area contributed by atoms with Crippen LogP contribution in [-0.2, 0) is 13.0 Å². The molecule has 4 rings (SSSR count). The molecule has 0 saturated heterocycles. The molecule has 4 aromatic rings. The van der Waals surface area contributed by atoms with Crippen molar-refractivity contribution in [2.45, 2.75) is 33.7 Å². The van der Waals surface area contributed by atoms with E-state index in [9.17, 15) is 9.59 Å². The van der Waals surface area contributed by atoms with Gasteiger partial charge in [0.15, 0.2) is 0 Å². The van der Waals surface area contributed by atoms with Crippen LogP contribution in [0.4, 0.5) is 0 Å². The average Bonchev–Trinajstić information content (AvgIpc) is 3.21. The maximum Gasteiger partial charge on any atom is 0.256 e. The maximum absolute atomic E-state index is 13.2. The van der Waals surface area contributed by atoms with E-state index in [1.54, 1.807) is 13.0 Å². The maximum atomic E-state index is 13.2. The van der Waals surface area contributed by atoms with Crippen LogP contribution in [0.1, 0.15) is 39.8 Å². The molecule has 0 atom stereocenters. The number of carbonyl (C=O) groups is 1. The van der Waals surface area contributed by atoms with Crippen molar-refractivity contribution < 1.29 is 9.53 Å². The van der Waals surface area contributed by atoms with Gasteiger partial charge in [-0.05, 0) is 49.6 Å². The molecule has 0 bridgehead atoms. The van der Waals surface area contributed by atoms with Crippen LogP contribution in [0.5, 0.6) is 5.75 Å². The molecule has 3 heterocycles. The number of ether oxygens (including phenoxy) is 1. The number of rotatable bonds is 6. The summed E-state index contributed by atoms with van der Waals surface area (Å²) in [6.07, 6.45) is 2.85. The Morgan fingerprint density at radius 3 is 2.56 bits per heavy atom. The highest BCUT2D eigenvalue weighted by Gasteiger charge is 2.18. The molecule has 0 radical (unpaired) electrons. The number of pyridine rings is 2. The minimum atomic E-state index is -0.262. The molecule has 0 spiro atoms. The molecule has 0 saturated carbocycles. The standard InChI is InChI=1S/C26H27N3O3/c1-5-22-17(3)20(14-23-19(11-12-29(22)23)18-9-7-6-8-10-18)25(30)27-15-21-24(32-4)13-16(2)28-26(21)31/h6-14H,5,15H2,1-4H3,(H,27,30)(H,28,31). The Morgan fingerprint density at radius 1 is 1.12 bits per heavy atom. The van der Waals surface area contributed by atoms with Gasteiger partial charge in [-0.2, -0.15) is 0 Å². The Hall–Kier alpha value is -3.80. The molecule has 6 heteroatoms. The van der Waals surface area contributed by atoms with Crippen LogP contribution in [0.25, 0.3) is 16.6 Å². The van der Waals surface area contributed by atoms with Crippen molar-refractivity contribution in [1.82, 2.24) is 14.7 Å². The zero-order valence-electron chi connectivity index (χ0n) is 18.8. The Labute approximate surface area is 186 Å². The van der Waals surface area contributed by atoms with Crippen molar-refractivity contribution in [3.05, 3.63) is 93.2 Å². The van der Waals surface area contributed by atoms with E-state index in [1.807, 2.05) is 31.2 Å². The van der Waals surface area contributed by atoms with Crippen molar-refractivity contribution in [2.24, 2.45) is 0 Å². The number of nitrogens with zero attached hydrogens (tertiary/aromatic N) is 1. The number of H-pyrrole nitrogens is 1. The predicted molar refractivity (Wildman–Crippen MR) is 126 cm³/mol. The average molecular weight is 430 g/mol. The van der Waals surface area contributed by atoms with E-state index in [1.165, 1.54) is 7.11 Å². The fourth-order valence-corrected chi connectivity index (χ4v) is 4.24. The first kappa shape index (κ1) is 21.4. The summed E-state index contributed by atoms with van der Waals surface area (Å²) in [7, 11) is 1.52. The molecular formula is C26H27N3O3. The molecule has 164 valence electrons. The van der Waals surface area contributed by atoms with E-state index in [2.05, 4.69) is 46.0 Å². The Bertz CT molecular complexity index is 1350. The summed E-state index contributed by atoms with van der Waals surface area (Å²) >= 11 is 0. The summed E-state index contributed by atoms with van der Waals surface area (Å²) in [6, 6.07) is 15.9. The molecule has 0 aliphatic rings. The Balaban J connectivity index is 1.73. The summed E-state index contributed by atoms with van der Waals surface area (Å²) in [5.41, 5.74) is 6.61. The first-order valence-electron chi connectivity index (χ1n) is 10.7. The zero-order chi connectivity index (χ0) is 22.8. The van der Waals surface area contributed by atoms with Gasteiger partial charge in [-0.3, -0.25) is 9.59 Å². The van der Waals surface area contributed by atoms with Crippen LogP contribution >= 0.6 is 0 Å². The minimum absolute atomic E-state index is 0.0796. The lowest BCUT2D eigenvalue weighted by molar-refractivity contribution is 0.0950. The van der Waals surface area contributed by atoms with Crippen LogP contribution in [0.15, 0.2) is 59.5 Å². The minimum Gasteiger partial charge on any atom is -0.496 e. The number of carbonyl (C=O) groups excluding carboxylic acids is 1. The third-order valence-corrected chi connectivity index (χ3v) is 5.87. The first-order chi connectivity index (χ1) is 15.4. The van der Waals surface area contributed by atoms with E-state index in [-0.39, 0.29) is 18.0 Å². The highest BCUT2D eigenvalue weighted by Crippen LogP contribution is 2.29. The second-order valence-corrected chi connectivity index (χ2v) is 7.85. The Morgan fingerprint density at radius 2 is 1.88 bits per heavy atom. The van der Waals surface area contributed by atoms with Crippen LogP contribution in [0, 0.1) is 13.8 Å². The number of hydrogen-bond acceptors (Lipinski definition) is 3. The molecular weight excluding hydrogens is 402 g/mol. The van der Waals surface area contributed by atoms with Crippen molar-refractivity contribution in [2.75, 3.05) is 7.11 Å².